The molecule has 118 valence electrons. The lowest BCUT2D eigenvalue weighted by atomic mass is 9.90. The molecule has 0 aromatic heterocycles. The van der Waals surface area contributed by atoms with Gasteiger partial charge in [-0.2, -0.15) is 0 Å². The molecule has 1 aromatic carbocycles. The smallest absolute Gasteiger partial charge is 0.329 e. The van der Waals surface area contributed by atoms with Gasteiger partial charge in [-0.05, 0) is 32.6 Å². The summed E-state index contributed by atoms with van der Waals surface area (Å²) in [6, 6.07) is 9.07. The van der Waals surface area contributed by atoms with E-state index >= 15 is 0 Å². The van der Waals surface area contributed by atoms with E-state index in [4.69, 9.17) is 5.73 Å². The highest BCUT2D eigenvalue weighted by Gasteiger charge is 2.37. The highest BCUT2D eigenvalue weighted by molar-refractivity contribution is 5.80. The highest BCUT2D eigenvalue weighted by Crippen LogP contribution is 2.20. The number of carboxylic acids is 1. The van der Waals surface area contributed by atoms with Crippen LogP contribution in [0, 0.1) is 0 Å². The van der Waals surface area contributed by atoms with Crippen molar-refractivity contribution in [1.29, 1.82) is 0 Å². The van der Waals surface area contributed by atoms with Crippen molar-refractivity contribution >= 4 is 5.97 Å². The van der Waals surface area contributed by atoms with Crippen molar-refractivity contribution in [2.75, 3.05) is 40.3 Å². The number of rotatable bonds is 9. The maximum Gasteiger partial charge on any atom is 0.329 e. The summed E-state index contributed by atoms with van der Waals surface area (Å²) >= 11 is 0. The number of nitrogens with zero attached hydrogens (tertiary/aromatic N) is 2. The number of hydrogen-bond donors (Lipinski definition) is 2. The molecular weight excluding hydrogens is 266 g/mol. The van der Waals surface area contributed by atoms with Crippen LogP contribution in [0.5, 0.6) is 0 Å². The van der Waals surface area contributed by atoms with Crippen molar-refractivity contribution in [3.63, 3.8) is 0 Å². The third-order valence-corrected chi connectivity index (χ3v) is 3.55. The van der Waals surface area contributed by atoms with E-state index in [9.17, 15) is 9.90 Å². The predicted octanol–water partition coefficient (Wildman–Crippen LogP) is 1.20. The molecule has 1 unspecified atom stereocenters. The molecule has 0 radical (unpaired) electrons. The Morgan fingerprint density at radius 2 is 1.81 bits per heavy atom. The van der Waals surface area contributed by atoms with Crippen LogP contribution < -0.4 is 5.73 Å². The highest BCUT2D eigenvalue weighted by atomic mass is 16.4. The number of carbonyl (C=O) groups is 1. The van der Waals surface area contributed by atoms with Crippen molar-refractivity contribution in [2.24, 2.45) is 5.73 Å². The van der Waals surface area contributed by atoms with E-state index in [1.54, 1.807) is 12.1 Å². The van der Waals surface area contributed by atoms with Gasteiger partial charge in [-0.1, -0.05) is 37.3 Å². The fourth-order valence-electron chi connectivity index (χ4n) is 2.30. The summed E-state index contributed by atoms with van der Waals surface area (Å²) in [5.41, 5.74) is 5.51. The molecular formula is C16H27N3O2. The first-order chi connectivity index (χ1) is 9.90. The molecule has 3 N–H and O–H groups in total. The van der Waals surface area contributed by atoms with E-state index in [-0.39, 0.29) is 0 Å². The first kappa shape index (κ1) is 17.6. The molecule has 5 nitrogen and oxygen atoms in total. The molecule has 0 aliphatic carbocycles. The summed E-state index contributed by atoms with van der Waals surface area (Å²) in [7, 11) is 4.02. The third kappa shape index (κ3) is 5.12. The first-order valence-corrected chi connectivity index (χ1v) is 7.35. The van der Waals surface area contributed by atoms with Crippen LogP contribution in [-0.4, -0.2) is 61.2 Å². The van der Waals surface area contributed by atoms with Crippen molar-refractivity contribution in [2.45, 2.75) is 18.9 Å². The molecule has 0 aliphatic rings. The van der Waals surface area contributed by atoms with E-state index in [1.165, 1.54) is 0 Å². The number of likely N-dealkylation sites (N-methyl/N-ethyl adjacent to an activating group) is 1. The molecule has 21 heavy (non-hydrogen) atoms. The summed E-state index contributed by atoms with van der Waals surface area (Å²) in [6.45, 7) is 4.93. The molecule has 0 fully saturated rings. The molecule has 0 saturated carbocycles. The van der Waals surface area contributed by atoms with E-state index in [0.717, 1.165) is 26.1 Å². The van der Waals surface area contributed by atoms with Gasteiger partial charge in [-0.15, -0.1) is 0 Å². The zero-order valence-electron chi connectivity index (χ0n) is 13.2. The summed E-state index contributed by atoms with van der Waals surface area (Å²) in [4.78, 5) is 16.0. The van der Waals surface area contributed by atoms with Crippen LogP contribution in [-0.2, 0) is 10.3 Å². The lowest BCUT2D eigenvalue weighted by Gasteiger charge is -2.33. The van der Waals surface area contributed by atoms with Crippen LogP contribution in [0.25, 0.3) is 0 Å². The van der Waals surface area contributed by atoms with Crippen LogP contribution in [0.2, 0.25) is 0 Å². The average molecular weight is 293 g/mol. The Labute approximate surface area is 127 Å². The number of hydrogen-bond acceptors (Lipinski definition) is 4. The van der Waals surface area contributed by atoms with Gasteiger partial charge < -0.3 is 15.7 Å². The lowest BCUT2D eigenvalue weighted by Crippen LogP contribution is -2.54. The van der Waals surface area contributed by atoms with Gasteiger partial charge in [0, 0.05) is 19.6 Å². The second kappa shape index (κ2) is 8.12. The van der Waals surface area contributed by atoms with E-state index in [2.05, 4.69) is 16.7 Å². The minimum Gasteiger partial charge on any atom is -0.480 e. The molecule has 0 amide bonds. The zero-order chi connectivity index (χ0) is 15.9. The van der Waals surface area contributed by atoms with Gasteiger partial charge in [0.25, 0.3) is 0 Å². The Hall–Kier alpha value is -1.43. The third-order valence-electron chi connectivity index (χ3n) is 3.55. The zero-order valence-corrected chi connectivity index (χ0v) is 13.2. The fraction of sp³-hybridized carbons (Fsp3) is 0.562. The molecule has 0 saturated heterocycles. The Bertz CT molecular complexity index is 436. The van der Waals surface area contributed by atoms with Gasteiger partial charge in [0.05, 0.1) is 0 Å². The van der Waals surface area contributed by atoms with Crippen LogP contribution in [0.15, 0.2) is 30.3 Å². The van der Waals surface area contributed by atoms with Gasteiger partial charge in [-0.25, -0.2) is 4.79 Å². The Morgan fingerprint density at radius 1 is 1.19 bits per heavy atom. The van der Waals surface area contributed by atoms with Gasteiger partial charge in [0.2, 0.25) is 0 Å². The fourth-order valence-corrected chi connectivity index (χ4v) is 2.30. The van der Waals surface area contributed by atoms with Gasteiger partial charge in [0.15, 0.2) is 5.54 Å². The maximum absolute atomic E-state index is 11.7. The standard InChI is InChI=1S/C16H27N3O2/c1-4-10-19(12-11-18(2)3)13-16(17,15(20)21)14-8-6-5-7-9-14/h5-9H,4,10-13,17H2,1-3H3,(H,20,21). The quantitative estimate of drug-likeness (QED) is 0.716. The minimum atomic E-state index is -1.37. The molecule has 0 aliphatic heterocycles. The molecule has 0 bridgehead atoms. The summed E-state index contributed by atoms with van der Waals surface area (Å²) in [5.74, 6) is -0.986. The number of benzene rings is 1. The minimum absolute atomic E-state index is 0.314. The van der Waals surface area contributed by atoms with Gasteiger partial charge >= 0.3 is 5.97 Å². The Morgan fingerprint density at radius 3 is 2.29 bits per heavy atom. The molecule has 1 rings (SSSR count). The first-order valence-electron chi connectivity index (χ1n) is 7.35. The van der Waals surface area contributed by atoms with Gasteiger partial charge in [-0.3, -0.25) is 4.90 Å². The van der Waals surface area contributed by atoms with Crippen LogP contribution >= 0.6 is 0 Å². The van der Waals surface area contributed by atoms with Crippen molar-refractivity contribution in [3.05, 3.63) is 35.9 Å². The second-order valence-corrected chi connectivity index (χ2v) is 5.72. The topological polar surface area (TPSA) is 69.8 Å². The predicted molar refractivity (Wildman–Crippen MR) is 85.2 cm³/mol. The van der Waals surface area contributed by atoms with E-state index < -0.39 is 11.5 Å². The summed E-state index contributed by atoms with van der Waals surface area (Å²) < 4.78 is 0. The molecule has 1 atom stereocenters. The summed E-state index contributed by atoms with van der Waals surface area (Å²) in [6.07, 6.45) is 0.970. The van der Waals surface area contributed by atoms with Crippen molar-refractivity contribution in [3.8, 4) is 0 Å². The Balaban J connectivity index is 2.91. The van der Waals surface area contributed by atoms with E-state index in [1.807, 2.05) is 32.3 Å². The number of carboxylic acid groups (broad SMARTS) is 1. The largest absolute Gasteiger partial charge is 0.480 e. The molecule has 0 spiro atoms. The van der Waals surface area contributed by atoms with Crippen molar-refractivity contribution < 1.29 is 9.90 Å². The SMILES string of the molecule is CCCN(CCN(C)C)CC(N)(C(=O)O)c1ccccc1. The monoisotopic (exact) mass is 293 g/mol. The average Bonchev–Trinajstić information content (AvgIpc) is 2.45. The molecule has 1 aromatic rings. The number of nitrogens with two attached hydrogens (primary N) is 1. The van der Waals surface area contributed by atoms with Crippen LogP contribution in [0.4, 0.5) is 0 Å². The van der Waals surface area contributed by atoms with E-state index in [0.29, 0.717) is 12.1 Å². The summed E-state index contributed by atoms with van der Waals surface area (Å²) in [5, 5.41) is 9.62. The Kier molecular flexibility index (Phi) is 6.81. The van der Waals surface area contributed by atoms with Gasteiger partial charge in [0.1, 0.15) is 0 Å². The van der Waals surface area contributed by atoms with Crippen molar-refractivity contribution in [1.82, 2.24) is 9.80 Å². The number of aliphatic carboxylic acids is 1. The second-order valence-electron chi connectivity index (χ2n) is 5.72. The normalized spacial score (nSPS) is 14.4. The van der Waals surface area contributed by atoms with Crippen LogP contribution in [0.3, 0.4) is 0 Å². The lowest BCUT2D eigenvalue weighted by molar-refractivity contribution is -0.144. The maximum atomic E-state index is 11.7. The molecule has 5 heteroatoms. The van der Waals surface area contributed by atoms with Crippen LogP contribution in [0.1, 0.15) is 18.9 Å². The molecule has 0 heterocycles.